The van der Waals surface area contributed by atoms with Crippen molar-refractivity contribution in [1.29, 1.82) is 0 Å². The highest BCUT2D eigenvalue weighted by atomic mass is 35.5. The second kappa shape index (κ2) is 8.35. The predicted octanol–water partition coefficient (Wildman–Crippen LogP) is 5.88. The molecule has 4 rings (SSSR count). The summed E-state index contributed by atoms with van der Waals surface area (Å²) in [6.45, 7) is 4.11. The normalized spacial score (nSPS) is 24.2. The molecule has 0 aliphatic carbocycles. The molecule has 0 unspecified atom stereocenters. The van der Waals surface area contributed by atoms with E-state index in [1.807, 2.05) is 55.5 Å². The third kappa shape index (κ3) is 4.14. The zero-order valence-corrected chi connectivity index (χ0v) is 18.3. The summed E-state index contributed by atoms with van der Waals surface area (Å²) in [5.41, 5.74) is 1.65. The van der Waals surface area contributed by atoms with Gasteiger partial charge in [0.1, 0.15) is 44.2 Å². The van der Waals surface area contributed by atoms with E-state index in [1.165, 1.54) is 0 Å². The molecular formula is C23H24Cl2N2O3. The van der Waals surface area contributed by atoms with Crippen LogP contribution in [0.15, 0.2) is 54.6 Å². The molecule has 0 N–H and O–H groups in total. The van der Waals surface area contributed by atoms with Crippen LogP contribution in [-0.4, -0.2) is 37.4 Å². The Morgan fingerprint density at radius 2 is 1.57 bits per heavy atom. The van der Waals surface area contributed by atoms with E-state index >= 15 is 0 Å². The Morgan fingerprint density at radius 1 is 0.867 bits per heavy atom. The number of piperazine rings is 1. The largest absolute Gasteiger partial charge is 0.632 e. The number of halogens is 2. The first-order chi connectivity index (χ1) is 14.3. The van der Waals surface area contributed by atoms with E-state index in [2.05, 4.69) is 0 Å². The zero-order valence-electron chi connectivity index (χ0n) is 16.8. The monoisotopic (exact) mass is 446 g/mol. The molecule has 1 saturated heterocycles. The van der Waals surface area contributed by atoms with Gasteiger partial charge in [0, 0.05) is 10.8 Å². The van der Waals surface area contributed by atoms with Crippen molar-refractivity contribution in [1.82, 2.24) is 4.65 Å². The second-order valence-electron chi connectivity index (χ2n) is 7.83. The number of ether oxygens (including phenoxy) is 1. The van der Waals surface area contributed by atoms with Gasteiger partial charge in [-0.15, -0.1) is 0 Å². The lowest BCUT2D eigenvalue weighted by Gasteiger charge is -2.53. The Bertz CT molecular complexity index is 1050. The maximum Gasteiger partial charge on any atom is 0.133 e. The summed E-state index contributed by atoms with van der Waals surface area (Å²) in [7, 11) is 0. The minimum atomic E-state index is -0.439. The second-order valence-corrected chi connectivity index (χ2v) is 8.61. The molecule has 1 fully saturated rings. The van der Waals surface area contributed by atoms with Crippen LogP contribution in [-0.2, 0) is 6.61 Å². The number of benzene rings is 3. The summed E-state index contributed by atoms with van der Waals surface area (Å²) >= 11 is 12.4. The highest BCUT2D eigenvalue weighted by molar-refractivity contribution is 6.45. The third-order valence-electron chi connectivity index (χ3n) is 6.02. The van der Waals surface area contributed by atoms with Crippen molar-refractivity contribution in [2.45, 2.75) is 13.5 Å². The van der Waals surface area contributed by atoms with Gasteiger partial charge in [-0.1, -0.05) is 35.3 Å². The molecule has 1 aliphatic rings. The Morgan fingerprint density at radius 3 is 2.23 bits per heavy atom. The predicted molar refractivity (Wildman–Crippen MR) is 124 cm³/mol. The highest BCUT2D eigenvalue weighted by Crippen LogP contribution is 2.35. The van der Waals surface area contributed by atoms with Crippen molar-refractivity contribution in [3.63, 3.8) is 0 Å². The van der Waals surface area contributed by atoms with Crippen LogP contribution in [0.1, 0.15) is 12.5 Å². The van der Waals surface area contributed by atoms with Crippen LogP contribution in [0.5, 0.6) is 5.75 Å². The van der Waals surface area contributed by atoms with Gasteiger partial charge in [0.25, 0.3) is 0 Å². The van der Waals surface area contributed by atoms with Crippen LogP contribution < -0.4 is 9.38 Å². The minimum Gasteiger partial charge on any atom is -0.632 e. The van der Waals surface area contributed by atoms with E-state index in [-0.39, 0.29) is 4.65 Å². The van der Waals surface area contributed by atoms with E-state index in [9.17, 15) is 10.4 Å². The molecule has 158 valence electrons. The molecule has 0 atom stereocenters. The van der Waals surface area contributed by atoms with E-state index in [0.717, 1.165) is 22.1 Å². The number of hydroxylamine groups is 5. The standard InChI is InChI=1S/C23H24Cl2N2O3/c1-2-26(28)12-14-27(29,15-13-26)18-8-6-17(7-9-18)16-30-22-5-3-4-20-19(22)10-11-21(24)23(20)25/h3-11H,2,12-16H2,1H3. The molecule has 30 heavy (non-hydrogen) atoms. The molecule has 0 saturated carbocycles. The summed E-state index contributed by atoms with van der Waals surface area (Å²) in [6, 6.07) is 16.9. The number of likely N-dealkylation sites (N-methyl/N-ethyl adjacent to an activating group) is 1. The molecule has 3 aromatic carbocycles. The van der Waals surface area contributed by atoms with Gasteiger partial charge in [0.2, 0.25) is 0 Å². The van der Waals surface area contributed by atoms with Crippen LogP contribution in [0.4, 0.5) is 5.69 Å². The Hall–Kier alpha value is -1.86. The van der Waals surface area contributed by atoms with Crippen molar-refractivity contribution in [3.8, 4) is 5.75 Å². The summed E-state index contributed by atoms with van der Waals surface area (Å²) < 4.78 is 5.32. The molecule has 0 spiro atoms. The number of fused-ring (bicyclic) bond motifs is 1. The first-order valence-electron chi connectivity index (χ1n) is 10.1. The molecule has 0 radical (unpaired) electrons. The quantitative estimate of drug-likeness (QED) is 0.363. The van der Waals surface area contributed by atoms with Crippen LogP contribution in [0.2, 0.25) is 10.0 Å². The van der Waals surface area contributed by atoms with Gasteiger partial charge in [-0.3, -0.25) is 0 Å². The van der Waals surface area contributed by atoms with Crippen molar-refractivity contribution in [2.75, 3.05) is 32.7 Å². The van der Waals surface area contributed by atoms with Crippen LogP contribution >= 0.6 is 23.2 Å². The van der Waals surface area contributed by atoms with Crippen molar-refractivity contribution >= 4 is 39.7 Å². The molecule has 0 aromatic heterocycles. The van der Waals surface area contributed by atoms with Crippen LogP contribution in [0.3, 0.4) is 0 Å². The van der Waals surface area contributed by atoms with Crippen molar-refractivity contribution < 1.29 is 9.38 Å². The molecule has 7 heteroatoms. The van der Waals surface area contributed by atoms with E-state index in [1.54, 1.807) is 6.07 Å². The average molecular weight is 447 g/mol. The third-order valence-corrected chi connectivity index (χ3v) is 6.84. The smallest absolute Gasteiger partial charge is 0.133 e. The van der Waals surface area contributed by atoms with Crippen LogP contribution in [0.25, 0.3) is 10.8 Å². The Balaban J connectivity index is 1.46. The Kier molecular flexibility index (Phi) is 5.95. The average Bonchev–Trinajstić information content (AvgIpc) is 2.77. The fraction of sp³-hybridized carbons (Fsp3) is 0.304. The minimum absolute atomic E-state index is 0.269. The fourth-order valence-electron chi connectivity index (χ4n) is 3.90. The zero-order chi connectivity index (χ0) is 21.4. The number of nitrogens with zero attached hydrogens (tertiary/aromatic N) is 2. The van der Waals surface area contributed by atoms with Crippen molar-refractivity contribution in [3.05, 3.63) is 80.6 Å². The lowest BCUT2D eigenvalue weighted by atomic mass is 10.1. The molecule has 5 nitrogen and oxygen atoms in total. The van der Waals surface area contributed by atoms with Gasteiger partial charge in [-0.25, -0.2) is 0 Å². The molecule has 0 amide bonds. The van der Waals surface area contributed by atoms with Gasteiger partial charge >= 0.3 is 0 Å². The summed E-state index contributed by atoms with van der Waals surface area (Å²) in [5, 5.41) is 28.3. The summed E-state index contributed by atoms with van der Waals surface area (Å²) in [5.74, 6) is 0.725. The van der Waals surface area contributed by atoms with Crippen LogP contribution in [0, 0.1) is 10.4 Å². The number of rotatable bonds is 5. The van der Waals surface area contributed by atoms with Gasteiger partial charge < -0.3 is 24.4 Å². The topological polar surface area (TPSA) is 55.3 Å². The summed E-state index contributed by atoms with van der Waals surface area (Å²) in [6.07, 6.45) is 0. The Labute approximate surface area is 186 Å². The number of quaternary nitrogens is 2. The van der Waals surface area contributed by atoms with Gasteiger partial charge in [0.05, 0.1) is 16.6 Å². The molecule has 1 aliphatic heterocycles. The van der Waals surface area contributed by atoms with Gasteiger partial charge in [0.15, 0.2) is 0 Å². The van der Waals surface area contributed by atoms with Crippen molar-refractivity contribution in [2.24, 2.45) is 0 Å². The maximum atomic E-state index is 13.2. The molecule has 3 aromatic rings. The van der Waals surface area contributed by atoms with E-state index in [0.29, 0.717) is 55.1 Å². The number of hydrogen-bond donors (Lipinski definition) is 0. The molecule has 0 bridgehead atoms. The fourth-order valence-corrected chi connectivity index (χ4v) is 4.29. The maximum absolute atomic E-state index is 13.2. The van der Waals surface area contributed by atoms with E-state index in [4.69, 9.17) is 27.9 Å². The van der Waals surface area contributed by atoms with E-state index < -0.39 is 4.65 Å². The highest BCUT2D eigenvalue weighted by Gasteiger charge is 2.32. The first kappa shape index (κ1) is 21.4. The first-order valence-corrected chi connectivity index (χ1v) is 10.8. The molecule has 1 heterocycles. The SMILES string of the molecule is CC[N+]1([O-])CC[N+]([O-])(c2ccc(COc3cccc4c(Cl)c(Cl)ccc34)cc2)CC1. The van der Waals surface area contributed by atoms with Gasteiger partial charge in [-0.05, 0) is 55.0 Å². The number of hydrogen-bond acceptors (Lipinski definition) is 3. The lowest BCUT2D eigenvalue weighted by molar-refractivity contribution is -0.882. The summed E-state index contributed by atoms with van der Waals surface area (Å²) in [4.78, 5) is 0. The molecular weight excluding hydrogens is 423 g/mol. The van der Waals surface area contributed by atoms with Gasteiger partial charge in [-0.2, -0.15) is 0 Å². The lowest BCUT2D eigenvalue weighted by Crippen LogP contribution is -2.63.